The van der Waals surface area contributed by atoms with Crippen molar-refractivity contribution in [3.63, 3.8) is 0 Å². The van der Waals surface area contributed by atoms with E-state index >= 15 is 0 Å². The number of nitrogens with one attached hydrogen (secondary N) is 1. The van der Waals surface area contributed by atoms with Gasteiger partial charge in [0, 0.05) is 18.3 Å². The molecule has 0 saturated heterocycles. The molecule has 0 atom stereocenters. The highest BCUT2D eigenvalue weighted by molar-refractivity contribution is 5.44. The van der Waals surface area contributed by atoms with Crippen LogP contribution in [0.15, 0.2) is 36.5 Å². The Kier molecular flexibility index (Phi) is 4.99. The molecule has 3 heteroatoms. The lowest BCUT2D eigenvalue weighted by Crippen LogP contribution is -2.07. The Morgan fingerprint density at radius 1 is 1.15 bits per heavy atom. The highest BCUT2D eigenvalue weighted by Gasteiger charge is 2.06. The average molecular weight is 270 g/mol. The highest BCUT2D eigenvalue weighted by Crippen LogP contribution is 2.22. The summed E-state index contributed by atoms with van der Waals surface area (Å²) >= 11 is 0. The highest BCUT2D eigenvalue weighted by atomic mass is 16.5. The number of aryl methyl sites for hydroxylation is 1. The van der Waals surface area contributed by atoms with Gasteiger partial charge in [0.1, 0.15) is 18.2 Å². The van der Waals surface area contributed by atoms with Gasteiger partial charge in [-0.2, -0.15) is 0 Å². The molecule has 0 amide bonds. The number of anilines is 1. The second-order valence-electron chi connectivity index (χ2n) is 4.92. The van der Waals surface area contributed by atoms with E-state index in [0.29, 0.717) is 6.61 Å². The van der Waals surface area contributed by atoms with E-state index in [9.17, 15) is 0 Å². The summed E-state index contributed by atoms with van der Waals surface area (Å²) in [6.45, 7) is 7.78. The molecule has 0 aliphatic rings. The van der Waals surface area contributed by atoms with Gasteiger partial charge in [-0.05, 0) is 43.5 Å². The summed E-state index contributed by atoms with van der Waals surface area (Å²) < 4.78 is 5.94. The molecule has 0 radical (unpaired) electrons. The van der Waals surface area contributed by atoms with Crippen molar-refractivity contribution in [2.75, 3.05) is 11.9 Å². The summed E-state index contributed by atoms with van der Waals surface area (Å²) in [5.74, 6) is 1.86. The summed E-state index contributed by atoms with van der Waals surface area (Å²) in [4.78, 5) is 4.38. The maximum absolute atomic E-state index is 5.94. The lowest BCUT2D eigenvalue weighted by atomic mass is 10.1. The van der Waals surface area contributed by atoms with Crippen LogP contribution in [0.5, 0.6) is 5.75 Å². The average Bonchev–Trinajstić information content (AvgIpc) is 2.47. The number of hydrogen-bond acceptors (Lipinski definition) is 3. The second kappa shape index (κ2) is 6.94. The standard InChI is InChI=1S/C17H22N2O/c1-4-10-18-17-15(8-6-11-19-17)12-20-16-9-5-7-13(2)14(16)3/h5-9,11H,4,10,12H2,1-3H3,(H,18,19). The van der Waals surface area contributed by atoms with Crippen LogP contribution in [0.2, 0.25) is 0 Å². The van der Waals surface area contributed by atoms with Gasteiger partial charge >= 0.3 is 0 Å². The molecule has 2 rings (SSSR count). The molecule has 0 aliphatic carbocycles. The third kappa shape index (κ3) is 3.50. The summed E-state index contributed by atoms with van der Waals surface area (Å²) in [6, 6.07) is 10.1. The van der Waals surface area contributed by atoms with Crippen LogP contribution in [-0.2, 0) is 6.61 Å². The molecule has 1 N–H and O–H groups in total. The van der Waals surface area contributed by atoms with E-state index in [-0.39, 0.29) is 0 Å². The Morgan fingerprint density at radius 3 is 2.80 bits per heavy atom. The van der Waals surface area contributed by atoms with Gasteiger partial charge in [0.2, 0.25) is 0 Å². The van der Waals surface area contributed by atoms with Crippen LogP contribution in [0.1, 0.15) is 30.0 Å². The van der Waals surface area contributed by atoms with Gasteiger partial charge in [0.15, 0.2) is 0 Å². The van der Waals surface area contributed by atoms with Crippen LogP contribution in [0, 0.1) is 13.8 Å². The molecule has 1 aromatic carbocycles. The number of pyridine rings is 1. The van der Waals surface area contributed by atoms with Gasteiger partial charge in [0.25, 0.3) is 0 Å². The van der Waals surface area contributed by atoms with Crippen molar-refractivity contribution < 1.29 is 4.74 Å². The van der Waals surface area contributed by atoms with E-state index in [1.807, 2.05) is 18.2 Å². The number of ether oxygens (including phenoxy) is 1. The minimum atomic E-state index is 0.532. The molecule has 0 bridgehead atoms. The second-order valence-corrected chi connectivity index (χ2v) is 4.92. The summed E-state index contributed by atoms with van der Waals surface area (Å²) in [6.07, 6.45) is 2.88. The largest absolute Gasteiger partial charge is 0.488 e. The van der Waals surface area contributed by atoms with Gasteiger partial charge in [-0.25, -0.2) is 4.98 Å². The Labute approximate surface area is 121 Å². The van der Waals surface area contributed by atoms with Crippen LogP contribution >= 0.6 is 0 Å². The molecular formula is C17H22N2O. The Balaban J connectivity index is 2.09. The number of rotatable bonds is 6. The predicted molar refractivity (Wildman–Crippen MR) is 83.3 cm³/mol. The first kappa shape index (κ1) is 14.4. The van der Waals surface area contributed by atoms with E-state index < -0.39 is 0 Å². The molecule has 20 heavy (non-hydrogen) atoms. The smallest absolute Gasteiger partial charge is 0.132 e. The van der Waals surface area contributed by atoms with E-state index in [2.05, 4.69) is 43.2 Å². The minimum absolute atomic E-state index is 0.532. The zero-order valence-electron chi connectivity index (χ0n) is 12.4. The molecule has 0 saturated carbocycles. The maximum Gasteiger partial charge on any atom is 0.132 e. The van der Waals surface area contributed by atoms with Gasteiger partial charge in [-0.1, -0.05) is 25.1 Å². The number of hydrogen-bond donors (Lipinski definition) is 1. The third-order valence-electron chi connectivity index (χ3n) is 3.37. The molecule has 2 aromatic rings. The van der Waals surface area contributed by atoms with Crippen LogP contribution in [0.4, 0.5) is 5.82 Å². The zero-order chi connectivity index (χ0) is 14.4. The predicted octanol–water partition coefficient (Wildman–Crippen LogP) is 4.10. The van der Waals surface area contributed by atoms with Crippen LogP contribution in [0.3, 0.4) is 0 Å². The van der Waals surface area contributed by atoms with Crippen LogP contribution in [-0.4, -0.2) is 11.5 Å². The third-order valence-corrected chi connectivity index (χ3v) is 3.37. The first-order valence-electron chi connectivity index (χ1n) is 7.09. The maximum atomic E-state index is 5.94. The summed E-state index contributed by atoms with van der Waals surface area (Å²) in [5, 5.41) is 3.33. The Morgan fingerprint density at radius 2 is 2.00 bits per heavy atom. The molecule has 0 fully saturated rings. The van der Waals surface area contributed by atoms with Crippen molar-refractivity contribution in [3.05, 3.63) is 53.2 Å². The molecule has 0 unspecified atom stereocenters. The molecule has 1 heterocycles. The van der Waals surface area contributed by atoms with Crippen molar-refractivity contribution in [1.82, 2.24) is 4.98 Å². The lowest BCUT2D eigenvalue weighted by Gasteiger charge is -2.13. The fraction of sp³-hybridized carbons (Fsp3) is 0.353. The molecular weight excluding hydrogens is 248 g/mol. The Hall–Kier alpha value is -2.03. The van der Waals surface area contributed by atoms with Gasteiger partial charge in [-0.15, -0.1) is 0 Å². The van der Waals surface area contributed by atoms with Crippen molar-refractivity contribution >= 4 is 5.82 Å². The normalized spacial score (nSPS) is 10.3. The first-order chi connectivity index (χ1) is 9.72. The molecule has 0 aliphatic heterocycles. The molecule has 0 spiro atoms. The van der Waals surface area contributed by atoms with Crippen molar-refractivity contribution in [1.29, 1.82) is 0 Å². The monoisotopic (exact) mass is 270 g/mol. The summed E-state index contributed by atoms with van der Waals surface area (Å²) in [5.41, 5.74) is 3.53. The van der Waals surface area contributed by atoms with Crippen molar-refractivity contribution in [2.45, 2.75) is 33.8 Å². The van der Waals surface area contributed by atoms with E-state index in [0.717, 1.165) is 30.1 Å². The Bertz CT molecular complexity index is 567. The fourth-order valence-corrected chi connectivity index (χ4v) is 1.99. The van der Waals surface area contributed by atoms with E-state index in [1.54, 1.807) is 6.20 Å². The fourth-order valence-electron chi connectivity index (χ4n) is 1.99. The number of benzene rings is 1. The molecule has 106 valence electrons. The lowest BCUT2D eigenvalue weighted by molar-refractivity contribution is 0.304. The van der Waals surface area contributed by atoms with Gasteiger partial charge in [0.05, 0.1) is 0 Å². The van der Waals surface area contributed by atoms with E-state index in [1.165, 1.54) is 11.1 Å². The number of aromatic nitrogens is 1. The van der Waals surface area contributed by atoms with E-state index in [4.69, 9.17) is 4.74 Å². The number of nitrogens with zero attached hydrogens (tertiary/aromatic N) is 1. The van der Waals surface area contributed by atoms with Crippen LogP contribution in [0.25, 0.3) is 0 Å². The van der Waals surface area contributed by atoms with Gasteiger partial charge in [-0.3, -0.25) is 0 Å². The zero-order valence-corrected chi connectivity index (χ0v) is 12.4. The van der Waals surface area contributed by atoms with Crippen molar-refractivity contribution in [3.8, 4) is 5.75 Å². The van der Waals surface area contributed by atoms with Crippen molar-refractivity contribution in [2.24, 2.45) is 0 Å². The van der Waals surface area contributed by atoms with Crippen LogP contribution < -0.4 is 10.1 Å². The first-order valence-corrected chi connectivity index (χ1v) is 7.09. The minimum Gasteiger partial charge on any atom is -0.488 e. The van der Waals surface area contributed by atoms with Gasteiger partial charge < -0.3 is 10.1 Å². The SMILES string of the molecule is CCCNc1ncccc1COc1cccc(C)c1C. The molecule has 1 aromatic heterocycles. The topological polar surface area (TPSA) is 34.2 Å². The molecule has 3 nitrogen and oxygen atoms in total. The summed E-state index contributed by atoms with van der Waals surface area (Å²) in [7, 11) is 0. The quantitative estimate of drug-likeness (QED) is 0.858.